The first-order valence-corrected chi connectivity index (χ1v) is 8.96. The topological polar surface area (TPSA) is 84.5 Å². The van der Waals surface area contributed by atoms with E-state index >= 15 is 0 Å². The van der Waals surface area contributed by atoms with Crippen LogP contribution in [0.25, 0.3) is 0 Å². The van der Waals surface area contributed by atoms with Gasteiger partial charge in [-0.3, -0.25) is 4.79 Å². The number of hydrogen-bond acceptors (Lipinski definition) is 4. The number of carbonyl (C=O) groups excluding carboxylic acids is 1. The Morgan fingerprint density at radius 2 is 1.83 bits per heavy atom. The predicted molar refractivity (Wildman–Crippen MR) is 91.5 cm³/mol. The van der Waals surface area contributed by atoms with Gasteiger partial charge in [0.1, 0.15) is 10.6 Å². The second-order valence-electron chi connectivity index (χ2n) is 5.04. The fraction of sp³-hybridized carbons (Fsp3) is 0.235. The molecule has 0 saturated carbocycles. The largest absolute Gasteiger partial charge is 0.495 e. The Balaban J connectivity index is 2.30. The highest BCUT2D eigenvalue weighted by Crippen LogP contribution is 2.25. The van der Waals surface area contributed by atoms with Crippen molar-refractivity contribution in [2.75, 3.05) is 13.7 Å². The number of hydrogen-bond donors (Lipinski definition) is 2. The van der Waals surface area contributed by atoms with Crippen molar-refractivity contribution in [2.45, 2.75) is 18.4 Å². The lowest BCUT2D eigenvalue weighted by Gasteiger charge is -2.12. The highest BCUT2D eigenvalue weighted by molar-refractivity contribution is 7.89. The molecule has 2 rings (SSSR count). The van der Waals surface area contributed by atoms with Gasteiger partial charge in [-0.1, -0.05) is 30.3 Å². The van der Waals surface area contributed by atoms with Crippen LogP contribution in [0.5, 0.6) is 5.75 Å². The molecule has 2 N–H and O–H groups in total. The molecule has 2 aromatic rings. The van der Waals surface area contributed by atoms with Crippen molar-refractivity contribution >= 4 is 15.9 Å². The smallest absolute Gasteiger partial charge is 0.251 e. The van der Waals surface area contributed by atoms with Gasteiger partial charge >= 0.3 is 0 Å². The van der Waals surface area contributed by atoms with Gasteiger partial charge in [-0.25, -0.2) is 13.1 Å². The molecule has 128 valence electrons. The molecule has 0 saturated heterocycles. The van der Waals surface area contributed by atoms with Crippen molar-refractivity contribution in [2.24, 2.45) is 0 Å². The molecule has 1 amide bonds. The van der Waals surface area contributed by atoms with Crippen molar-refractivity contribution in [3.63, 3.8) is 0 Å². The molecule has 0 aliphatic rings. The van der Waals surface area contributed by atoms with Crippen molar-refractivity contribution < 1.29 is 17.9 Å². The highest BCUT2D eigenvalue weighted by atomic mass is 32.2. The minimum atomic E-state index is -3.83. The molecule has 0 spiro atoms. The number of rotatable bonds is 7. The lowest BCUT2D eigenvalue weighted by Crippen LogP contribution is -2.26. The number of carbonyl (C=O) groups is 1. The van der Waals surface area contributed by atoms with Gasteiger partial charge in [-0.05, 0) is 30.7 Å². The van der Waals surface area contributed by atoms with Gasteiger partial charge in [0, 0.05) is 18.7 Å². The molecule has 0 radical (unpaired) electrons. The van der Waals surface area contributed by atoms with Crippen molar-refractivity contribution in [1.82, 2.24) is 10.0 Å². The summed E-state index contributed by atoms with van der Waals surface area (Å²) in [5.74, 6) is -0.150. The molecular weight excluding hydrogens is 328 g/mol. The summed E-state index contributed by atoms with van der Waals surface area (Å²) in [4.78, 5) is 11.9. The second kappa shape index (κ2) is 7.94. The monoisotopic (exact) mass is 348 g/mol. The Hall–Kier alpha value is -2.38. The van der Waals surface area contributed by atoms with E-state index in [0.717, 1.165) is 5.56 Å². The zero-order chi connectivity index (χ0) is 17.6. The Bertz CT molecular complexity index is 805. The number of ether oxygens (including phenoxy) is 1. The molecule has 0 bridgehead atoms. The average Bonchev–Trinajstić information content (AvgIpc) is 2.60. The third-order valence-corrected chi connectivity index (χ3v) is 4.78. The molecule has 0 atom stereocenters. The summed E-state index contributed by atoms with van der Waals surface area (Å²) in [6, 6.07) is 13.5. The van der Waals surface area contributed by atoms with E-state index < -0.39 is 10.0 Å². The van der Waals surface area contributed by atoms with Crippen LogP contribution in [0, 0.1) is 0 Å². The Kier molecular flexibility index (Phi) is 5.94. The number of amides is 1. The summed E-state index contributed by atoms with van der Waals surface area (Å²) in [6.07, 6.45) is 0. The number of nitrogens with one attached hydrogen (secondary N) is 2. The molecule has 0 aliphatic heterocycles. The van der Waals surface area contributed by atoms with Gasteiger partial charge in [0.05, 0.1) is 7.11 Å². The van der Waals surface area contributed by atoms with Crippen LogP contribution in [0.15, 0.2) is 53.4 Å². The van der Waals surface area contributed by atoms with E-state index in [9.17, 15) is 13.2 Å². The fourth-order valence-corrected chi connectivity index (χ4v) is 3.35. The minimum absolute atomic E-state index is 0.0651. The first-order valence-electron chi connectivity index (χ1n) is 7.47. The third-order valence-electron chi connectivity index (χ3n) is 3.36. The average molecular weight is 348 g/mol. The van der Waals surface area contributed by atoms with Crippen LogP contribution in [0.3, 0.4) is 0 Å². The third kappa shape index (κ3) is 4.33. The SMILES string of the molecule is CCNC(=O)c1ccc(OC)c(S(=O)(=O)NCc2ccccc2)c1. The standard InChI is InChI=1S/C17H20N2O4S/c1-3-18-17(20)14-9-10-15(23-2)16(11-14)24(21,22)19-12-13-7-5-4-6-8-13/h4-11,19H,3,12H2,1-2H3,(H,18,20). The lowest BCUT2D eigenvalue weighted by atomic mass is 10.2. The molecular formula is C17H20N2O4S. The van der Waals surface area contributed by atoms with E-state index in [4.69, 9.17) is 4.74 Å². The fourth-order valence-electron chi connectivity index (χ4n) is 2.14. The molecule has 6 nitrogen and oxygen atoms in total. The van der Waals surface area contributed by atoms with Gasteiger partial charge in [0.15, 0.2) is 0 Å². The summed E-state index contributed by atoms with van der Waals surface area (Å²) in [6.45, 7) is 2.40. The molecule has 0 aromatic heterocycles. The van der Waals surface area contributed by atoms with Crippen molar-refractivity contribution in [3.8, 4) is 5.75 Å². The number of sulfonamides is 1. The van der Waals surface area contributed by atoms with Crippen LogP contribution in [0.2, 0.25) is 0 Å². The Labute approximate surface area is 141 Å². The van der Waals surface area contributed by atoms with Gasteiger partial charge in [0.2, 0.25) is 10.0 Å². The first kappa shape index (κ1) is 18.0. The highest BCUT2D eigenvalue weighted by Gasteiger charge is 2.21. The van der Waals surface area contributed by atoms with Gasteiger partial charge in [0.25, 0.3) is 5.91 Å². The lowest BCUT2D eigenvalue weighted by molar-refractivity contribution is 0.0955. The maximum absolute atomic E-state index is 12.6. The van der Waals surface area contributed by atoms with Crippen LogP contribution in [-0.2, 0) is 16.6 Å². The molecule has 7 heteroatoms. The van der Waals surface area contributed by atoms with Crippen molar-refractivity contribution in [3.05, 3.63) is 59.7 Å². The van der Waals surface area contributed by atoms with E-state index in [1.165, 1.54) is 25.3 Å². The maximum Gasteiger partial charge on any atom is 0.251 e. The summed E-state index contributed by atoms with van der Waals surface area (Å²) in [5, 5.41) is 2.64. The number of benzene rings is 2. The van der Waals surface area contributed by atoms with Crippen molar-refractivity contribution in [1.29, 1.82) is 0 Å². The van der Waals surface area contributed by atoms with Crippen LogP contribution in [0.4, 0.5) is 0 Å². The summed E-state index contributed by atoms with van der Waals surface area (Å²) < 4.78 is 32.8. The van der Waals surface area contributed by atoms with E-state index in [2.05, 4.69) is 10.0 Å². The minimum Gasteiger partial charge on any atom is -0.495 e. The molecule has 0 unspecified atom stereocenters. The first-order chi connectivity index (χ1) is 11.5. The van der Waals surface area contributed by atoms with Crippen LogP contribution in [0.1, 0.15) is 22.8 Å². The summed E-state index contributed by atoms with van der Waals surface area (Å²) in [7, 11) is -2.44. The van der Waals surface area contributed by atoms with Gasteiger partial charge < -0.3 is 10.1 Å². The van der Waals surface area contributed by atoms with E-state index in [0.29, 0.717) is 6.54 Å². The van der Waals surface area contributed by atoms with Crippen LogP contribution >= 0.6 is 0 Å². The second-order valence-corrected chi connectivity index (χ2v) is 6.77. The van der Waals surface area contributed by atoms with E-state index in [1.807, 2.05) is 30.3 Å². The summed E-state index contributed by atoms with van der Waals surface area (Å²) in [5.41, 5.74) is 1.10. The van der Waals surface area contributed by atoms with Gasteiger partial charge in [-0.2, -0.15) is 0 Å². The molecule has 0 aliphatic carbocycles. The van der Waals surface area contributed by atoms with E-state index in [-0.39, 0.29) is 28.7 Å². The zero-order valence-corrected chi connectivity index (χ0v) is 14.4. The Morgan fingerprint density at radius 1 is 1.12 bits per heavy atom. The van der Waals surface area contributed by atoms with Crippen LogP contribution < -0.4 is 14.8 Å². The molecule has 0 fully saturated rings. The predicted octanol–water partition coefficient (Wildman–Crippen LogP) is 1.92. The maximum atomic E-state index is 12.6. The van der Waals surface area contributed by atoms with Crippen LogP contribution in [-0.4, -0.2) is 28.0 Å². The quantitative estimate of drug-likeness (QED) is 0.801. The molecule has 2 aromatic carbocycles. The normalized spacial score (nSPS) is 11.1. The zero-order valence-electron chi connectivity index (χ0n) is 13.6. The number of methoxy groups -OCH3 is 1. The molecule has 24 heavy (non-hydrogen) atoms. The van der Waals surface area contributed by atoms with Gasteiger partial charge in [-0.15, -0.1) is 0 Å². The summed E-state index contributed by atoms with van der Waals surface area (Å²) >= 11 is 0. The Morgan fingerprint density at radius 3 is 2.46 bits per heavy atom. The molecule has 0 heterocycles. The van der Waals surface area contributed by atoms with E-state index in [1.54, 1.807) is 6.92 Å².